The van der Waals surface area contributed by atoms with Crippen molar-refractivity contribution in [2.75, 3.05) is 0 Å². The standard InChI is InChI=1S/C32H50O7S2/c1-3-5-7-9-11-13-15-17-19-29-21-25-31(26-22-29)37-40(33,34)39-41(35,36)38-32-27-23-30(24-28-32)20-18-16-14-12-10-8-6-4-2/h21-28H,3-20H2,1-2H3. The predicted octanol–water partition coefficient (Wildman–Crippen LogP) is 9.02. The van der Waals surface area contributed by atoms with Crippen molar-refractivity contribution in [2.24, 2.45) is 0 Å². The minimum atomic E-state index is -4.91. The van der Waals surface area contributed by atoms with E-state index in [-0.39, 0.29) is 11.5 Å². The van der Waals surface area contributed by atoms with Gasteiger partial charge >= 0.3 is 20.8 Å². The van der Waals surface area contributed by atoms with Crippen LogP contribution in [0.25, 0.3) is 0 Å². The number of hydrogen-bond donors (Lipinski definition) is 0. The van der Waals surface area contributed by atoms with Gasteiger partial charge in [-0.2, -0.15) is 16.8 Å². The summed E-state index contributed by atoms with van der Waals surface area (Å²) in [5.74, 6) is -0.0737. The molecule has 0 bridgehead atoms. The number of hydrogen-bond acceptors (Lipinski definition) is 7. The van der Waals surface area contributed by atoms with Crippen LogP contribution in [0.4, 0.5) is 0 Å². The zero-order valence-electron chi connectivity index (χ0n) is 25.0. The number of aryl methyl sites for hydroxylation is 2. The molecule has 0 saturated carbocycles. The molecule has 2 aromatic carbocycles. The summed E-state index contributed by atoms with van der Waals surface area (Å²) in [4.78, 5) is 0. The van der Waals surface area contributed by atoms with Crippen LogP contribution in [0.15, 0.2) is 48.5 Å². The molecular weight excluding hydrogens is 560 g/mol. The molecule has 7 nitrogen and oxygen atoms in total. The molecule has 9 heteroatoms. The minimum absolute atomic E-state index is 0.0369. The lowest BCUT2D eigenvalue weighted by molar-refractivity contribution is 0.351. The molecule has 0 saturated heterocycles. The molecule has 0 aliphatic heterocycles. The Labute approximate surface area is 249 Å². The third-order valence-electron chi connectivity index (χ3n) is 7.05. The van der Waals surface area contributed by atoms with Crippen molar-refractivity contribution in [3.8, 4) is 11.5 Å². The Hall–Kier alpha value is -2.10. The maximum atomic E-state index is 12.2. The Kier molecular flexibility index (Phi) is 17.1. The summed E-state index contributed by atoms with van der Waals surface area (Å²) >= 11 is 0. The fourth-order valence-corrected chi connectivity index (χ4v) is 6.45. The summed E-state index contributed by atoms with van der Waals surface area (Å²) in [5, 5.41) is 0. The van der Waals surface area contributed by atoms with Crippen molar-refractivity contribution in [3.63, 3.8) is 0 Å². The second-order valence-corrected chi connectivity index (χ2v) is 13.3. The van der Waals surface area contributed by atoms with Crippen LogP contribution in [0.5, 0.6) is 11.5 Å². The van der Waals surface area contributed by atoms with Gasteiger partial charge in [-0.05, 0) is 61.1 Å². The van der Waals surface area contributed by atoms with Gasteiger partial charge in [-0.3, -0.25) is 0 Å². The summed E-state index contributed by atoms with van der Waals surface area (Å²) in [6.45, 7) is 4.43. The summed E-state index contributed by atoms with van der Waals surface area (Å²) in [7, 11) is -9.81. The molecule has 0 aromatic heterocycles. The van der Waals surface area contributed by atoms with E-state index in [2.05, 4.69) is 17.5 Å². The molecule has 0 aliphatic carbocycles. The van der Waals surface area contributed by atoms with Gasteiger partial charge in [-0.25, -0.2) is 0 Å². The molecule has 0 amide bonds. The third-order valence-corrected chi connectivity index (χ3v) is 9.17. The van der Waals surface area contributed by atoms with Crippen LogP contribution in [0.1, 0.15) is 128 Å². The highest BCUT2D eigenvalue weighted by molar-refractivity contribution is 7.95. The second kappa shape index (κ2) is 19.9. The maximum Gasteiger partial charge on any atom is 0.466 e. The highest BCUT2D eigenvalue weighted by Gasteiger charge is 2.27. The average molecular weight is 611 g/mol. The smallest absolute Gasteiger partial charge is 0.361 e. The average Bonchev–Trinajstić information content (AvgIpc) is 2.92. The van der Waals surface area contributed by atoms with E-state index >= 15 is 0 Å². The van der Waals surface area contributed by atoms with Gasteiger partial charge in [0.05, 0.1) is 0 Å². The molecular formula is C32H50O7S2. The molecule has 0 atom stereocenters. The maximum absolute atomic E-state index is 12.2. The Morgan fingerprint density at radius 1 is 0.439 bits per heavy atom. The monoisotopic (exact) mass is 610 g/mol. The molecule has 2 rings (SSSR count). The molecule has 0 radical (unpaired) electrons. The van der Waals surface area contributed by atoms with E-state index in [9.17, 15) is 16.8 Å². The summed E-state index contributed by atoms with van der Waals surface area (Å²) in [6.07, 6.45) is 21.5. The van der Waals surface area contributed by atoms with E-state index in [0.717, 1.165) is 49.7 Å². The minimum Gasteiger partial charge on any atom is -0.361 e. The van der Waals surface area contributed by atoms with Crippen molar-refractivity contribution < 1.29 is 28.8 Å². The predicted molar refractivity (Wildman–Crippen MR) is 166 cm³/mol. The van der Waals surface area contributed by atoms with Crippen LogP contribution >= 0.6 is 0 Å². The molecule has 232 valence electrons. The van der Waals surface area contributed by atoms with Gasteiger partial charge in [0.15, 0.2) is 0 Å². The fraction of sp³-hybridized carbons (Fsp3) is 0.625. The normalized spacial score (nSPS) is 12.0. The van der Waals surface area contributed by atoms with Gasteiger partial charge < -0.3 is 8.37 Å². The van der Waals surface area contributed by atoms with E-state index in [1.807, 2.05) is 0 Å². The van der Waals surface area contributed by atoms with Crippen molar-refractivity contribution in [2.45, 2.75) is 129 Å². The largest absolute Gasteiger partial charge is 0.466 e. The lowest BCUT2D eigenvalue weighted by Gasteiger charge is -2.09. The third kappa shape index (κ3) is 16.8. The van der Waals surface area contributed by atoms with Gasteiger partial charge in [0.25, 0.3) is 0 Å². The molecule has 0 unspecified atom stereocenters. The van der Waals surface area contributed by atoms with Crippen LogP contribution in [0, 0.1) is 0 Å². The van der Waals surface area contributed by atoms with Crippen LogP contribution in [0.2, 0.25) is 0 Å². The number of benzene rings is 2. The van der Waals surface area contributed by atoms with Gasteiger partial charge in [-0.1, -0.05) is 132 Å². The molecule has 0 fully saturated rings. The Morgan fingerprint density at radius 2 is 0.732 bits per heavy atom. The van der Waals surface area contributed by atoms with E-state index in [4.69, 9.17) is 8.37 Å². The Morgan fingerprint density at radius 3 is 1.05 bits per heavy atom. The van der Waals surface area contributed by atoms with E-state index in [1.165, 1.54) is 101 Å². The zero-order chi connectivity index (χ0) is 29.8. The first-order valence-electron chi connectivity index (χ1n) is 15.5. The van der Waals surface area contributed by atoms with E-state index in [0.29, 0.717) is 0 Å². The van der Waals surface area contributed by atoms with Crippen LogP contribution in [0.3, 0.4) is 0 Å². The Balaban J connectivity index is 1.71. The second-order valence-electron chi connectivity index (χ2n) is 10.8. The molecule has 2 aromatic rings. The van der Waals surface area contributed by atoms with Crippen molar-refractivity contribution >= 4 is 20.8 Å². The highest BCUT2D eigenvalue weighted by atomic mass is 32.3. The zero-order valence-corrected chi connectivity index (χ0v) is 26.7. The lowest BCUT2D eigenvalue weighted by atomic mass is 10.0. The fourth-order valence-electron chi connectivity index (χ4n) is 4.71. The van der Waals surface area contributed by atoms with Gasteiger partial charge in [0.1, 0.15) is 11.5 Å². The SMILES string of the molecule is CCCCCCCCCCc1ccc(OS(=O)(=O)OS(=O)(=O)Oc2ccc(CCCCCCCCCC)cc2)cc1. The summed E-state index contributed by atoms with van der Waals surface area (Å²) < 4.78 is 62.8. The van der Waals surface area contributed by atoms with Gasteiger partial charge in [0, 0.05) is 0 Å². The van der Waals surface area contributed by atoms with Gasteiger partial charge in [0.2, 0.25) is 0 Å². The first-order chi connectivity index (χ1) is 19.7. The molecule has 0 heterocycles. The van der Waals surface area contributed by atoms with Crippen molar-refractivity contribution in [1.29, 1.82) is 0 Å². The Bertz CT molecular complexity index is 1070. The first-order valence-corrected chi connectivity index (χ1v) is 18.2. The molecule has 41 heavy (non-hydrogen) atoms. The summed E-state index contributed by atoms with van der Waals surface area (Å²) in [5.41, 5.74) is 2.12. The van der Waals surface area contributed by atoms with E-state index < -0.39 is 20.8 Å². The van der Waals surface area contributed by atoms with Crippen molar-refractivity contribution in [3.05, 3.63) is 59.7 Å². The van der Waals surface area contributed by atoms with Crippen LogP contribution in [-0.2, 0) is 37.3 Å². The highest BCUT2D eigenvalue weighted by Crippen LogP contribution is 2.21. The number of unbranched alkanes of at least 4 members (excludes halogenated alkanes) is 14. The molecule has 0 N–H and O–H groups in total. The number of rotatable bonds is 24. The van der Waals surface area contributed by atoms with Gasteiger partial charge in [-0.15, -0.1) is 0 Å². The summed E-state index contributed by atoms with van der Waals surface area (Å²) in [6, 6.07) is 13.0. The lowest BCUT2D eigenvalue weighted by Crippen LogP contribution is -2.22. The topological polar surface area (TPSA) is 96.0 Å². The van der Waals surface area contributed by atoms with Crippen molar-refractivity contribution in [1.82, 2.24) is 0 Å². The van der Waals surface area contributed by atoms with Crippen LogP contribution < -0.4 is 8.37 Å². The first kappa shape index (κ1) is 35.1. The van der Waals surface area contributed by atoms with Crippen LogP contribution in [-0.4, -0.2) is 16.8 Å². The van der Waals surface area contributed by atoms with E-state index in [1.54, 1.807) is 24.3 Å². The molecule has 0 spiro atoms. The molecule has 0 aliphatic rings. The quantitative estimate of drug-likeness (QED) is 0.109.